The van der Waals surface area contributed by atoms with Crippen LogP contribution in [0, 0.1) is 0 Å². The third-order valence-corrected chi connectivity index (χ3v) is 4.48. The quantitative estimate of drug-likeness (QED) is 0.700. The lowest BCUT2D eigenvalue weighted by Gasteiger charge is -2.08. The molecule has 8 nitrogen and oxygen atoms in total. The second kappa shape index (κ2) is 7.84. The fourth-order valence-corrected chi connectivity index (χ4v) is 3.09. The minimum absolute atomic E-state index is 0.120. The van der Waals surface area contributed by atoms with Crippen LogP contribution in [0.5, 0.6) is 0 Å². The molecule has 0 saturated carbocycles. The summed E-state index contributed by atoms with van der Waals surface area (Å²) in [7, 11) is 0. The molecule has 3 heterocycles. The summed E-state index contributed by atoms with van der Waals surface area (Å²) in [5.41, 5.74) is 1.55. The largest absolute Gasteiger partial charge is 0.352 e. The maximum absolute atomic E-state index is 12.0. The Bertz CT molecular complexity index is 777. The van der Waals surface area contributed by atoms with Gasteiger partial charge in [-0.1, -0.05) is 0 Å². The lowest BCUT2D eigenvalue weighted by Crippen LogP contribution is -2.37. The molecule has 0 bridgehead atoms. The zero-order chi connectivity index (χ0) is 17.6. The van der Waals surface area contributed by atoms with Crippen LogP contribution in [-0.2, 0) is 27.3 Å². The van der Waals surface area contributed by atoms with Gasteiger partial charge in [0.05, 0.1) is 12.1 Å². The summed E-state index contributed by atoms with van der Waals surface area (Å²) < 4.78 is 0. The topological polar surface area (TPSA) is 113 Å². The van der Waals surface area contributed by atoms with E-state index in [4.69, 9.17) is 0 Å². The number of pyridine rings is 1. The summed E-state index contributed by atoms with van der Waals surface area (Å²) in [5, 5.41) is 10.2. The van der Waals surface area contributed by atoms with Crippen LogP contribution in [0.3, 0.4) is 0 Å². The van der Waals surface area contributed by atoms with Gasteiger partial charge >= 0.3 is 0 Å². The van der Waals surface area contributed by atoms with Gasteiger partial charge in [0.25, 0.3) is 0 Å². The Hall–Kier alpha value is -2.81. The van der Waals surface area contributed by atoms with Crippen LogP contribution in [-0.4, -0.2) is 33.7 Å². The molecule has 25 heavy (non-hydrogen) atoms. The third-order valence-electron chi connectivity index (χ3n) is 3.67. The van der Waals surface area contributed by atoms with Crippen molar-refractivity contribution in [2.45, 2.75) is 31.8 Å². The standard InChI is InChI=1S/C16H17N5O3S/c22-13-2-1-12(20-13)15(24)21-16-19-11(9-25-16)7-14(23)18-8-10-3-5-17-6-4-10/h3-6,9,12H,1-2,7-8H2,(H,18,23)(H,20,22)(H,19,21,24). The molecule has 3 rings (SSSR count). The van der Waals surface area contributed by atoms with E-state index in [1.54, 1.807) is 17.8 Å². The Morgan fingerprint density at radius 2 is 2.12 bits per heavy atom. The molecule has 3 N–H and O–H groups in total. The predicted octanol–water partition coefficient (Wildman–Crippen LogP) is 0.614. The van der Waals surface area contributed by atoms with Crippen molar-refractivity contribution in [3.05, 3.63) is 41.2 Å². The number of amides is 3. The van der Waals surface area contributed by atoms with Crippen LogP contribution < -0.4 is 16.0 Å². The van der Waals surface area contributed by atoms with Gasteiger partial charge in [-0.3, -0.25) is 19.4 Å². The van der Waals surface area contributed by atoms with Crippen molar-refractivity contribution in [1.29, 1.82) is 0 Å². The van der Waals surface area contributed by atoms with Crippen molar-refractivity contribution in [1.82, 2.24) is 20.6 Å². The molecule has 1 saturated heterocycles. The molecule has 1 aliphatic heterocycles. The molecule has 1 aliphatic rings. The Kier molecular flexibility index (Phi) is 5.34. The van der Waals surface area contributed by atoms with Crippen LogP contribution in [0.4, 0.5) is 5.13 Å². The van der Waals surface area contributed by atoms with Crippen molar-refractivity contribution in [3.8, 4) is 0 Å². The Morgan fingerprint density at radius 1 is 1.32 bits per heavy atom. The summed E-state index contributed by atoms with van der Waals surface area (Å²) in [6, 6.07) is 3.15. The molecule has 2 aromatic heterocycles. The highest BCUT2D eigenvalue weighted by atomic mass is 32.1. The first-order valence-electron chi connectivity index (χ1n) is 7.80. The van der Waals surface area contributed by atoms with E-state index in [9.17, 15) is 14.4 Å². The number of hydrogen-bond acceptors (Lipinski definition) is 6. The average Bonchev–Trinajstić information content (AvgIpc) is 3.23. The molecule has 2 aromatic rings. The fraction of sp³-hybridized carbons (Fsp3) is 0.312. The summed E-state index contributed by atoms with van der Waals surface area (Å²) in [4.78, 5) is 43.3. The van der Waals surface area contributed by atoms with Crippen molar-refractivity contribution in [2.24, 2.45) is 0 Å². The first-order chi connectivity index (χ1) is 12.1. The number of carbonyl (C=O) groups is 3. The average molecular weight is 359 g/mol. The van der Waals surface area contributed by atoms with Crippen LogP contribution in [0.2, 0.25) is 0 Å². The predicted molar refractivity (Wildman–Crippen MR) is 91.7 cm³/mol. The second-order valence-electron chi connectivity index (χ2n) is 5.60. The van der Waals surface area contributed by atoms with Gasteiger partial charge in [-0.25, -0.2) is 4.98 Å². The molecule has 0 radical (unpaired) electrons. The molecule has 1 atom stereocenters. The van der Waals surface area contributed by atoms with E-state index >= 15 is 0 Å². The van der Waals surface area contributed by atoms with E-state index in [1.165, 1.54) is 11.3 Å². The first-order valence-corrected chi connectivity index (χ1v) is 8.68. The first kappa shape index (κ1) is 17.0. The lowest BCUT2D eigenvalue weighted by molar-refractivity contribution is -0.122. The minimum atomic E-state index is -0.511. The molecular weight excluding hydrogens is 342 g/mol. The fourth-order valence-electron chi connectivity index (χ4n) is 2.38. The number of nitrogens with one attached hydrogen (secondary N) is 3. The molecule has 130 valence electrons. The highest BCUT2D eigenvalue weighted by Crippen LogP contribution is 2.17. The van der Waals surface area contributed by atoms with Crippen LogP contribution >= 0.6 is 11.3 Å². The smallest absolute Gasteiger partial charge is 0.248 e. The van der Waals surface area contributed by atoms with Crippen molar-refractivity contribution in [2.75, 3.05) is 5.32 Å². The Balaban J connectivity index is 1.47. The van der Waals surface area contributed by atoms with E-state index < -0.39 is 6.04 Å². The molecule has 0 aliphatic carbocycles. The summed E-state index contributed by atoms with van der Waals surface area (Å²) in [6.07, 6.45) is 4.32. The minimum Gasteiger partial charge on any atom is -0.352 e. The van der Waals surface area contributed by atoms with E-state index in [0.717, 1.165) is 5.56 Å². The van der Waals surface area contributed by atoms with Gasteiger partial charge in [0.2, 0.25) is 17.7 Å². The van der Waals surface area contributed by atoms with Crippen LogP contribution in [0.1, 0.15) is 24.1 Å². The van der Waals surface area contributed by atoms with Crippen LogP contribution in [0.25, 0.3) is 0 Å². The van der Waals surface area contributed by atoms with E-state index in [1.807, 2.05) is 12.1 Å². The number of nitrogens with zero attached hydrogens (tertiary/aromatic N) is 2. The van der Waals surface area contributed by atoms with Crippen LogP contribution in [0.15, 0.2) is 29.9 Å². The molecule has 9 heteroatoms. The third kappa shape index (κ3) is 4.83. The molecular formula is C16H17N5O3S. The summed E-state index contributed by atoms with van der Waals surface area (Å²) in [5.74, 6) is -0.553. The van der Waals surface area contributed by atoms with E-state index in [-0.39, 0.29) is 24.1 Å². The maximum Gasteiger partial charge on any atom is 0.248 e. The van der Waals surface area contributed by atoms with Gasteiger partial charge in [-0.05, 0) is 24.1 Å². The van der Waals surface area contributed by atoms with Crippen molar-refractivity contribution >= 4 is 34.2 Å². The van der Waals surface area contributed by atoms with Gasteiger partial charge < -0.3 is 16.0 Å². The normalized spacial score (nSPS) is 16.3. The SMILES string of the molecule is O=C(Cc1csc(NC(=O)C2CCC(=O)N2)n1)NCc1ccncc1. The number of carbonyl (C=O) groups excluding carboxylic acids is 3. The number of rotatable bonds is 6. The number of hydrogen-bond donors (Lipinski definition) is 3. The number of anilines is 1. The van der Waals surface area contributed by atoms with Gasteiger partial charge in [0.15, 0.2) is 5.13 Å². The summed E-state index contributed by atoms with van der Waals surface area (Å²) >= 11 is 1.25. The van der Waals surface area contributed by atoms with E-state index in [0.29, 0.717) is 30.2 Å². The van der Waals surface area contributed by atoms with E-state index in [2.05, 4.69) is 25.9 Å². The Morgan fingerprint density at radius 3 is 2.84 bits per heavy atom. The number of thiazole rings is 1. The van der Waals surface area contributed by atoms with Gasteiger partial charge in [0.1, 0.15) is 6.04 Å². The van der Waals surface area contributed by atoms with Crippen molar-refractivity contribution < 1.29 is 14.4 Å². The van der Waals surface area contributed by atoms with Crippen molar-refractivity contribution in [3.63, 3.8) is 0 Å². The zero-order valence-corrected chi connectivity index (χ0v) is 14.1. The molecule has 0 aromatic carbocycles. The molecule has 0 spiro atoms. The zero-order valence-electron chi connectivity index (χ0n) is 13.3. The monoisotopic (exact) mass is 359 g/mol. The maximum atomic E-state index is 12.0. The van der Waals surface area contributed by atoms with Gasteiger partial charge in [-0.15, -0.1) is 11.3 Å². The molecule has 3 amide bonds. The van der Waals surface area contributed by atoms with Gasteiger partial charge in [0, 0.05) is 30.7 Å². The lowest BCUT2D eigenvalue weighted by atomic mass is 10.2. The molecule has 1 fully saturated rings. The Labute approximate surface area is 148 Å². The van der Waals surface area contributed by atoms with Gasteiger partial charge in [-0.2, -0.15) is 0 Å². The highest BCUT2D eigenvalue weighted by Gasteiger charge is 2.27. The molecule has 1 unspecified atom stereocenters. The highest BCUT2D eigenvalue weighted by molar-refractivity contribution is 7.13. The number of aromatic nitrogens is 2. The summed E-state index contributed by atoms with van der Waals surface area (Å²) in [6.45, 7) is 0.427. The second-order valence-corrected chi connectivity index (χ2v) is 6.46.